The summed E-state index contributed by atoms with van der Waals surface area (Å²) in [7, 11) is 0. The molecule has 0 aromatic heterocycles. The van der Waals surface area contributed by atoms with E-state index in [9.17, 15) is 9.59 Å². The number of benzene rings is 2. The Morgan fingerprint density at radius 2 is 1.52 bits per heavy atom. The molecule has 2 aromatic carbocycles. The summed E-state index contributed by atoms with van der Waals surface area (Å²) in [4.78, 5) is 20.9. The Kier molecular flexibility index (Phi) is 9.07. The lowest BCUT2D eigenvalue weighted by atomic mass is 10.1. The van der Waals surface area contributed by atoms with Gasteiger partial charge in [-0.15, -0.1) is 12.4 Å². The molecular formula is C16H20ClN3O3. The van der Waals surface area contributed by atoms with Gasteiger partial charge in [-0.3, -0.25) is 9.59 Å². The van der Waals surface area contributed by atoms with Gasteiger partial charge in [-0.2, -0.15) is 0 Å². The maximum Gasteiger partial charge on any atom is 0.320 e. The van der Waals surface area contributed by atoms with E-state index in [1.165, 1.54) is 0 Å². The zero-order chi connectivity index (χ0) is 16.5. The van der Waals surface area contributed by atoms with Crippen molar-refractivity contribution >= 4 is 30.0 Å². The normalized spacial score (nSPS) is 10.5. The van der Waals surface area contributed by atoms with E-state index < -0.39 is 17.9 Å². The Morgan fingerprint density at radius 1 is 1.00 bits per heavy atom. The number of hydrogen-bond donors (Lipinski definition) is 4. The first-order chi connectivity index (χ1) is 10.4. The lowest BCUT2D eigenvalue weighted by molar-refractivity contribution is -0.138. The second kappa shape index (κ2) is 10.2. The molecule has 0 unspecified atom stereocenters. The van der Waals surface area contributed by atoms with E-state index in [-0.39, 0.29) is 12.4 Å². The van der Waals surface area contributed by atoms with Crippen LogP contribution < -0.4 is 17.2 Å². The molecule has 2 rings (SSSR count). The molecule has 0 radical (unpaired) electrons. The highest BCUT2D eigenvalue weighted by Crippen LogP contribution is 2.03. The Hall–Kier alpha value is -2.57. The lowest BCUT2D eigenvalue weighted by Gasteiger charge is -2.04. The topological polar surface area (TPSA) is 132 Å². The number of aliphatic carboxylic acids is 1. The molecule has 0 heterocycles. The van der Waals surface area contributed by atoms with Gasteiger partial charge in [0.1, 0.15) is 6.04 Å². The number of rotatable bonds is 4. The third-order valence-corrected chi connectivity index (χ3v) is 2.81. The molecule has 0 fully saturated rings. The van der Waals surface area contributed by atoms with Crippen LogP contribution in [0.15, 0.2) is 54.6 Å². The van der Waals surface area contributed by atoms with Crippen molar-refractivity contribution in [2.75, 3.05) is 5.73 Å². The number of nitrogens with two attached hydrogens (primary N) is 3. The van der Waals surface area contributed by atoms with Crippen LogP contribution in [0.25, 0.3) is 0 Å². The fourth-order valence-corrected chi connectivity index (χ4v) is 1.60. The average Bonchev–Trinajstić information content (AvgIpc) is 2.49. The van der Waals surface area contributed by atoms with Gasteiger partial charge in [0.15, 0.2) is 0 Å². The van der Waals surface area contributed by atoms with Crippen molar-refractivity contribution in [1.82, 2.24) is 0 Å². The zero-order valence-electron chi connectivity index (χ0n) is 12.4. The van der Waals surface area contributed by atoms with Crippen LogP contribution in [0.4, 0.5) is 5.69 Å². The van der Waals surface area contributed by atoms with Gasteiger partial charge in [-0.25, -0.2) is 0 Å². The van der Waals surface area contributed by atoms with E-state index in [0.717, 1.165) is 5.56 Å². The van der Waals surface area contributed by atoms with Gasteiger partial charge in [0.05, 0.1) is 0 Å². The molecule has 2 aromatic rings. The van der Waals surface area contributed by atoms with Crippen molar-refractivity contribution in [2.45, 2.75) is 12.5 Å². The summed E-state index contributed by atoms with van der Waals surface area (Å²) in [5, 5.41) is 8.52. The number of nitrogen functional groups attached to an aromatic ring is 1. The molecule has 0 bridgehead atoms. The molecule has 23 heavy (non-hydrogen) atoms. The largest absolute Gasteiger partial charge is 0.480 e. The summed E-state index contributed by atoms with van der Waals surface area (Å²) >= 11 is 0. The third-order valence-electron chi connectivity index (χ3n) is 2.81. The number of amides is 1. The van der Waals surface area contributed by atoms with Gasteiger partial charge in [-0.1, -0.05) is 30.3 Å². The number of carbonyl (C=O) groups excluding carboxylic acids is 1. The predicted molar refractivity (Wildman–Crippen MR) is 92.4 cm³/mol. The van der Waals surface area contributed by atoms with E-state index >= 15 is 0 Å². The second-order valence-electron chi connectivity index (χ2n) is 4.62. The summed E-state index contributed by atoms with van der Waals surface area (Å²) in [5.41, 5.74) is 17.8. The maximum absolute atomic E-state index is 10.5. The highest BCUT2D eigenvalue weighted by molar-refractivity contribution is 5.93. The molecule has 0 saturated heterocycles. The third kappa shape index (κ3) is 7.85. The first-order valence-corrected chi connectivity index (χ1v) is 6.58. The van der Waals surface area contributed by atoms with Crippen molar-refractivity contribution in [3.05, 3.63) is 65.7 Å². The maximum atomic E-state index is 10.5. The molecule has 0 spiro atoms. The van der Waals surface area contributed by atoms with Crippen LogP contribution in [0.1, 0.15) is 15.9 Å². The first-order valence-electron chi connectivity index (χ1n) is 6.58. The van der Waals surface area contributed by atoms with Crippen molar-refractivity contribution < 1.29 is 14.7 Å². The van der Waals surface area contributed by atoms with Crippen LogP contribution in [0.3, 0.4) is 0 Å². The molecular weight excluding hydrogens is 318 g/mol. The Balaban J connectivity index is 0.000000409. The fraction of sp³-hybridized carbons (Fsp3) is 0.125. The molecule has 1 amide bonds. The van der Waals surface area contributed by atoms with Gasteiger partial charge in [0.25, 0.3) is 0 Å². The van der Waals surface area contributed by atoms with Crippen LogP contribution in [-0.2, 0) is 11.2 Å². The van der Waals surface area contributed by atoms with E-state index in [4.69, 9.17) is 22.3 Å². The van der Waals surface area contributed by atoms with Crippen LogP contribution in [0.5, 0.6) is 0 Å². The quantitative estimate of drug-likeness (QED) is 0.626. The van der Waals surface area contributed by atoms with Crippen LogP contribution in [-0.4, -0.2) is 23.0 Å². The summed E-state index contributed by atoms with van der Waals surface area (Å²) in [6.45, 7) is 0. The summed E-state index contributed by atoms with van der Waals surface area (Å²) in [5.74, 6) is -1.39. The predicted octanol–water partition coefficient (Wildman–Crippen LogP) is 1.43. The van der Waals surface area contributed by atoms with Crippen LogP contribution in [0, 0.1) is 0 Å². The molecule has 7 heteroatoms. The molecule has 1 atom stereocenters. The fourth-order valence-electron chi connectivity index (χ4n) is 1.60. The first kappa shape index (κ1) is 20.4. The van der Waals surface area contributed by atoms with Gasteiger partial charge in [0.2, 0.25) is 5.91 Å². The van der Waals surface area contributed by atoms with Crippen LogP contribution >= 0.6 is 12.4 Å². The van der Waals surface area contributed by atoms with E-state index in [0.29, 0.717) is 17.7 Å². The zero-order valence-corrected chi connectivity index (χ0v) is 13.2. The molecule has 0 aliphatic heterocycles. The van der Waals surface area contributed by atoms with Gasteiger partial charge < -0.3 is 22.3 Å². The van der Waals surface area contributed by atoms with E-state index in [1.807, 2.05) is 30.3 Å². The van der Waals surface area contributed by atoms with Crippen molar-refractivity contribution in [2.24, 2.45) is 11.5 Å². The molecule has 0 saturated carbocycles. The number of anilines is 1. The molecule has 6 nitrogen and oxygen atoms in total. The number of carboxylic acids is 1. The minimum absolute atomic E-state index is 0. The number of carbonyl (C=O) groups is 2. The standard InChI is InChI=1S/C9H11NO2.C7H8N2O.ClH/c10-8(9(11)12)6-7-4-2-1-3-5-7;8-6-3-1-5(2-4-6)7(9)10;/h1-5,8H,6,10H2,(H,11,12);1-4H,8H2,(H2,9,10);1H/t8-;;/m0../s1. The summed E-state index contributed by atoms with van der Waals surface area (Å²) in [6.07, 6.45) is 0.385. The van der Waals surface area contributed by atoms with Crippen molar-refractivity contribution in [1.29, 1.82) is 0 Å². The number of hydrogen-bond acceptors (Lipinski definition) is 4. The lowest BCUT2D eigenvalue weighted by Crippen LogP contribution is -2.32. The highest BCUT2D eigenvalue weighted by atomic mass is 35.5. The molecule has 0 aliphatic rings. The average molecular weight is 338 g/mol. The van der Waals surface area contributed by atoms with Crippen molar-refractivity contribution in [3.63, 3.8) is 0 Å². The molecule has 0 aliphatic carbocycles. The highest BCUT2D eigenvalue weighted by Gasteiger charge is 2.10. The van der Waals surface area contributed by atoms with Gasteiger partial charge in [0, 0.05) is 11.3 Å². The van der Waals surface area contributed by atoms with E-state index in [2.05, 4.69) is 0 Å². The van der Waals surface area contributed by atoms with Gasteiger partial charge in [-0.05, 0) is 36.2 Å². The monoisotopic (exact) mass is 337 g/mol. The SMILES string of the molecule is Cl.NC(=O)c1ccc(N)cc1.N[C@@H](Cc1ccccc1)C(=O)O. The summed E-state index contributed by atoms with van der Waals surface area (Å²) in [6, 6.07) is 15.0. The van der Waals surface area contributed by atoms with Crippen molar-refractivity contribution in [3.8, 4) is 0 Å². The Bertz CT molecular complexity index is 618. The molecule has 7 N–H and O–H groups in total. The Morgan fingerprint density at radius 3 is 1.96 bits per heavy atom. The number of primary amides is 1. The minimum Gasteiger partial charge on any atom is -0.480 e. The van der Waals surface area contributed by atoms with E-state index in [1.54, 1.807) is 24.3 Å². The van der Waals surface area contributed by atoms with Crippen LogP contribution in [0.2, 0.25) is 0 Å². The smallest absolute Gasteiger partial charge is 0.320 e. The number of carboxylic acid groups (broad SMARTS) is 1. The number of halogens is 1. The summed E-state index contributed by atoms with van der Waals surface area (Å²) < 4.78 is 0. The second-order valence-corrected chi connectivity index (χ2v) is 4.62. The minimum atomic E-state index is -0.959. The Labute approximate surface area is 140 Å². The van der Waals surface area contributed by atoms with Gasteiger partial charge >= 0.3 is 5.97 Å². The molecule has 124 valence electrons.